The molecule has 0 fully saturated rings. The van der Waals surface area contributed by atoms with E-state index >= 15 is 0 Å². The number of rotatable bonds is 3. The van der Waals surface area contributed by atoms with Crippen LogP contribution in [0.5, 0.6) is 0 Å². The standard InChI is InChI=1S/C22H24N2O/c1-13(2)14-9-11-15(12-10-14)20-17-6-3-5-16(17)18-7-4-8-19(22(23)25)21(18)24-20/h3-5,7-13,16-17,20,24H,6H2,1-2H3,(H2,23,25). The number of nitrogens with two attached hydrogens (primary N) is 1. The Morgan fingerprint density at radius 3 is 2.60 bits per heavy atom. The van der Waals surface area contributed by atoms with Gasteiger partial charge in [-0.1, -0.05) is 62.4 Å². The Balaban J connectivity index is 1.77. The highest BCUT2D eigenvalue weighted by atomic mass is 16.1. The Kier molecular flexibility index (Phi) is 3.87. The van der Waals surface area contributed by atoms with Gasteiger partial charge in [0.05, 0.1) is 17.3 Å². The van der Waals surface area contributed by atoms with Gasteiger partial charge in [0.2, 0.25) is 0 Å². The Labute approximate surface area is 148 Å². The van der Waals surface area contributed by atoms with Crippen LogP contribution in [-0.4, -0.2) is 5.91 Å². The number of carbonyl (C=O) groups excluding carboxylic acids is 1. The lowest BCUT2D eigenvalue weighted by atomic mass is 9.76. The fraction of sp³-hybridized carbons (Fsp3) is 0.318. The maximum atomic E-state index is 11.9. The minimum atomic E-state index is -0.376. The van der Waals surface area contributed by atoms with Gasteiger partial charge in [0, 0.05) is 5.92 Å². The maximum Gasteiger partial charge on any atom is 0.250 e. The number of primary amides is 1. The number of amides is 1. The zero-order valence-corrected chi connectivity index (χ0v) is 14.7. The van der Waals surface area contributed by atoms with Crippen LogP contribution >= 0.6 is 0 Å². The van der Waals surface area contributed by atoms with E-state index in [1.54, 1.807) is 0 Å². The van der Waals surface area contributed by atoms with Crippen molar-refractivity contribution in [1.29, 1.82) is 0 Å². The van der Waals surface area contributed by atoms with Crippen LogP contribution in [0.25, 0.3) is 0 Å². The van der Waals surface area contributed by atoms with Crippen LogP contribution < -0.4 is 11.1 Å². The quantitative estimate of drug-likeness (QED) is 0.798. The first-order valence-corrected chi connectivity index (χ1v) is 9.02. The number of para-hydroxylation sites is 1. The van der Waals surface area contributed by atoms with Crippen molar-refractivity contribution in [3.05, 3.63) is 76.9 Å². The molecule has 25 heavy (non-hydrogen) atoms. The first kappa shape index (κ1) is 15.9. The topological polar surface area (TPSA) is 55.1 Å². The molecule has 3 heteroatoms. The molecule has 3 unspecified atom stereocenters. The summed E-state index contributed by atoms with van der Waals surface area (Å²) < 4.78 is 0. The van der Waals surface area contributed by atoms with Crippen molar-refractivity contribution in [2.75, 3.05) is 5.32 Å². The lowest BCUT2D eigenvalue weighted by Gasteiger charge is -2.38. The molecule has 0 bridgehead atoms. The van der Waals surface area contributed by atoms with E-state index in [0.717, 1.165) is 12.1 Å². The minimum absolute atomic E-state index is 0.189. The molecule has 3 N–H and O–H groups in total. The molecule has 1 heterocycles. The van der Waals surface area contributed by atoms with E-state index in [0.29, 0.717) is 23.3 Å². The van der Waals surface area contributed by atoms with Crippen LogP contribution in [0.2, 0.25) is 0 Å². The molecule has 1 amide bonds. The minimum Gasteiger partial charge on any atom is -0.377 e. The Bertz CT molecular complexity index is 836. The van der Waals surface area contributed by atoms with Crippen molar-refractivity contribution in [1.82, 2.24) is 0 Å². The molecule has 2 aromatic carbocycles. The molecule has 2 aliphatic rings. The normalized spacial score (nSPS) is 23.9. The highest BCUT2D eigenvalue weighted by Gasteiger charge is 2.39. The van der Waals surface area contributed by atoms with E-state index in [1.165, 1.54) is 16.7 Å². The third-order valence-electron chi connectivity index (χ3n) is 5.62. The smallest absolute Gasteiger partial charge is 0.250 e. The number of anilines is 1. The number of benzene rings is 2. The number of hydrogen-bond acceptors (Lipinski definition) is 2. The summed E-state index contributed by atoms with van der Waals surface area (Å²) in [6.07, 6.45) is 5.59. The predicted octanol–water partition coefficient (Wildman–Crippen LogP) is 4.74. The number of fused-ring (bicyclic) bond motifs is 3. The van der Waals surface area contributed by atoms with Gasteiger partial charge < -0.3 is 11.1 Å². The van der Waals surface area contributed by atoms with E-state index in [4.69, 9.17) is 5.73 Å². The number of carbonyl (C=O) groups is 1. The molecule has 3 nitrogen and oxygen atoms in total. The molecule has 1 aliphatic heterocycles. The van der Waals surface area contributed by atoms with Gasteiger partial charge in [0.25, 0.3) is 5.91 Å². The van der Waals surface area contributed by atoms with E-state index in [9.17, 15) is 4.79 Å². The third kappa shape index (κ3) is 2.64. The van der Waals surface area contributed by atoms with Gasteiger partial charge >= 0.3 is 0 Å². The van der Waals surface area contributed by atoms with Crippen molar-refractivity contribution >= 4 is 11.6 Å². The number of nitrogens with one attached hydrogen (secondary N) is 1. The second-order valence-electron chi connectivity index (χ2n) is 7.43. The number of hydrogen-bond donors (Lipinski definition) is 2. The molecule has 2 aromatic rings. The van der Waals surface area contributed by atoms with Crippen LogP contribution in [0.3, 0.4) is 0 Å². The molecular weight excluding hydrogens is 308 g/mol. The van der Waals surface area contributed by atoms with Gasteiger partial charge in [-0.2, -0.15) is 0 Å². The lowest BCUT2D eigenvalue weighted by molar-refractivity contribution is 0.100. The molecule has 3 atom stereocenters. The maximum absolute atomic E-state index is 11.9. The van der Waals surface area contributed by atoms with Crippen molar-refractivity contribution < 1.29 is 4.79 Å². The van der Waals surface area contributed by atoms with E-state index in [-0.39, 0.29) is 11.9 Å². The molecule has 4 rings (SSSR count). The van der Waals surface area contributed by atoms with E-state index < -0.39 is 0 Å². The van der Waals surface area contributed by atoms with Crippen LogP contribution in [0, 0.1) is 5.92 Å². The fourth-order valence-corrected chi connectivity index (χ4v) is 4.25. The molecule has 0 saturated carbocycles. The second kappa shape index (κ2) is 6.07. The second-order valence-corrected chi connectivity index (χ2v) is 7.43. The summed E-state index contributed by atoms with van der Waals surface area (Å²) in [4.78, 5) is 11.9. The average molecular weight is 332 g/mol. The summed E-state index contributed by atoms with van der Waals surface area (Å²) in [6.45, 7) is 4.42. The predicted molar refractivity (Wildman–Crippen MR) is 102 cm³/mol. The zero-order valence-electron chi connectivity index (χ0n) is 14.7. The van der Waals surface area contributed by atoms with Gasteiger partial charge in [0.15, 0.2) is 0 Å². The molecule has 0 aromatic heterocycles. The summed E-state index contributed by atoms with van der Waals surface area (Å²) in [7, 11) is 0. The molecule has 0 radical (unpaired) electrons. The summed E-state index contributed by atoms with van der Waals surface area (Å²) in [5.74, 6) is 0.959. The molecule has 1 aliphatic carbocycles. The summed E-state index contributed by atoms with van der Waals surface area (Å²) in [5, 5.41) is 3.64. The van der Waals surface area contributed by atoms with Crippen LogP contribution in [0.15, 0.2) is 54.6 Å². The first-order chi connectivity index (χ1) is 12.1. The van der Waals surface area contributed by atoms with Crippen LogP contribution in [-0.2, 0) is 0 Å². The van der Waals surface area contributed by atoms with E-state index in [2.05, 4.69) is 61.6 Å². The molecule has 0 saturated heterocycles. The highest BCUT2D eigenvalue weighted by molar-refractivity contribution is 5.99. The van der Waals surface area contributed by atoms with Crippen LogP contribution in [0.1, 0.15) is 65.2 Å². The molecular formula is C22H24N2O. The summed E-state index contributed by atoms with van der Waals surface area (Å²) >= 11 is 0. The Hall–Kier alpha value is -2.55. The molecule has 128 valence electrons. The van der Waals surface area contributed by atoms with Crippen molar-refractivity contribution in [3.63, 3.8) is 0 Å². The Morgan fingerprint density at radius 1 is 1.16 bits per heavy atom. The highest BCUT2D eigenvalue weighted by Crippen LogP contribution is 2.50. The average Bonchev–Trinajstić information content (AvgIpc) is 3.10. The molecule has 0 spiro atoms. The largest absolute Gasteiger partial charge is 0.377 e. The Morgan fingerprint density at radius 2 is 1.92 bits per heavy atom. The zero-order chi connectivity index (χ0) is 17.6. The first-order valence-electron chi connectivity index (χ1n) is 9.02. The summed E-state index contributed by atoms with van der Waals surface area (Å²) in [5.41, 5.74) is 10.9. The van der Waals surface area contributed by atoms with Crippen molar-refractivity contribution in [2.45, 2.75) is 38.1 Å². The van der Waals surface area contributed by atoms with Crippen molar-refractivity contribution in [2.24, 2.45) is 11.7 Å². The van der Waals surface area contributed by atoms with Gasteiger partial charge in [-0.05, 0) is 41.0 Å². The SMILES string of the molecule is CC(C)c1ccc(C2Nc3c(C(N)=O)cccc3C3C=CCC32)cc1. The third-order valence-corrected chi connectivity index (χ3v) is 5.62. The lowest BCUT2D eigenvalue weighted by Crippen LogP contribution is -2.31. The summed E-state index contributed by atoms with van der Waals surface area (Å²) in [6, 6.07) is 14.9. The monoisotopic (exact) mass is 332 g/mol. The van der Waals surface area contributed by atoms with Gasteiger partial charge in [-0.15, -0.1) is 0 Å². The van der Waals surface area contributed by atoms with Gasteiger partial charge in [-0.3, -0.25) is 4.79 Å². The van der Waals surface area contributed by atoms with Crippen LogP contribution in [0.4, 0.5) is 5.69 Å². The van der Waals surface area contributed by atoms with Gasteiger partial charge in [0.1, 0.15) is 0 Å². The van der Waals surface area contributed by atoms with Gasteiger partial charge in [-0.25, -0.2) is 0 Å². The number of allylic oxidation sites excluding steroid dienone is 2. The van der Waals surface area contributed by atoms with Crippen molar-refractivity contribution in [3.8, 4) is 0 Å². The van der Waals surface area contributed by atoms with E-state index in [1.807, 2.05) is 12.1 Å². The fourth-order valence-electron chi connectivity index (χ4n) is 4.25.